The second-order valence-electron chi connectivity index (χ2n) is 3.60. The summed E-state index contributed by atoms with van der Waals surface area (Å²) >= 11 is 0. The number of benzene rings is 1. The molecule has 1 unspecified atom stereocenters. The predicted molar refractivity (Wildman–Crippen MR) is 60.1 cm³/mol. The zero-order chi connectivity index (χ0) is 11.5. The minimum absolute atomic E-state index is 0.260. The van der Waals surface area contributed by atoms with Crippen molar-refractivity contribution >= 4 is 16.7 Å². The third-order valence-electron chi connectivity index (χ3n) is 2.38. The van der Waals surface area contributed by atoms with Crippen LogP contribution in [0.4, 0.5) is 5.69 Å². The first-order valence-electron chi connectivity index (χ1n) is 5.03. The van der Waals surface area contributed by atoms with Crippen LogP contribution in [0, 0.1) is 0 Å². The summed E-state index contributed by atoms with van der Waals surface area (Å²) in [6, 6.07) is 5.67. The third-order valence-corrected chi connectivity index (χ3v) is 2.38. The number of nitrogens with zero attached hydrogens (tertiary/aromatic N) is 3. The zero-order valence-corrected chi connectivity index (χ0v) is 8.96. The highest BCUT2D eigenvalue weighted by Crippen LogP contribution is 2.19. The van der Waals surface area contributed by atoms with Gasteiger partial charge in [0.25, 0.3) is 0 Å². The van der Waals surface area contributed by atoms with Gasteiger partial charge in [0.15, 0.2) is 0 Å². The van der Waals surface area contributed by atoms with Gasteiger partial charge >= 0.3 is 0 Å². The molecule has 0 amide bonds. The number of anilines is 1. The van der Waals surface area contributed by atoms with Crippen LogP contribution < -0.4 is 5.32 Å². The second-order valence-corrected chi connectivity index (χ2v) is 3.60. The normalized spacial score (nSPS) is 12.9. The summed E-state index contributed by atoms with van der Waals surface area (Å²) in [7, 11) is 1.82. The van der Waals surface area contributed by atoms with E-state index < -0.39 is 6.10 Å². The molecule has 86 valence electrons. The molecule has 1 atom stereocenters. The fraction of sp³-hybridized carbons (Fsp3) is 0.400. The molecule has 0 saturated heterocycles. The molecule has 0 fully saturated rings. The number of nitrogens with one attached hydrogen (secondary N) is 1. The van der Waals surface area contributed by atoms with E-state index in [4.69, 9.17) is 5.11 Å². The maximum absolute atomic E-state index is 9.24. The Labute approximate surface area is 92.5 Å². The summed E-state index contributed by atoms with van der Waals surface area (Å²) in [6.07, 6.45) is -0.771. The standard InChI is InChI=1S/C10H14N4O2/c1-14-9-4-2-3-8(10(9)12-13-14)11-5-7(16)6-15/h2-4,7,11,15-16H,5-6H2,1H3. The lowest BCUT2D eigenvalue weighted by Gasteiger charge is -2.10. The van der Waals surface area contributed by atoms with Gasteiger partial charge in [-0.25, -0.2) is 4.68 Å². The molecule has 0 aliphatic heterocycles. The predicted octanol–water partition coefficient (Wildman–Crippen LogP) is -0.267. The van der Waals surface area contributed by atoms with Gasteiger partial charge in [-0.1, -0.05) is 11.3 Å². The Bertz CT molecular complexity index is 483. The molecule has 0 aliphatic carbocycles. The van der Waals surface area contributed by atoms with E-state index in [-0.39, 0.29) is 13.2 Å². The summed E-state index contributed by atoms with van der Waals surface area (Å²) < 4.78 is 1.68. The monoisotopic (exact) mass is 222 g/mol. The highest BCUT2D eigenvalue weighted by molar-refractivity contribution is 5.87. The average molecular weight is 222 g/mol. The van der Waals surface area contributed by atoms with Crippen LogP contribution in [0.3, 0.4) is 0 Å². The van der Waals surface area contributed by atoms with Crippen molar-refractivity contribution in [3.8, 4) is 0 Å². The Morgan fingerprint density at radius 3 is 3.06 bits per heavy atom. The third kappa shape index (κ3) is 1.98. The minimum Gasteiger partial charge on any atom is -0.394 e. The zero-order valence-electron chi connectivity index (χ0n) is 8.96. The van der Waals surface area contributed by atoms with Crippen molar-refractivity contribution < 1.29 is 10.2 Å². The molecule has 6 nitrogen and oxygen atoms in total. The van der Waals surface area contributed by atoms with E-state index in [0.717, 1.165) is 16.7 Å². The first-order valence-corrected chi connectivity index (χ1v) is 5.03. The molecule has 0 radical (unpaired) electrons. The quantitative estimate of drug-likeness (QED) is 0.663. The Morgan fingerprint density at radius 2 is 2.31 bits per heavy atom. The maximum Gasteiger partial charge on any atom is 0.136 e. The van der Waals surface area contributed by atoms with Gasteiger partial charge in [0, 0.05) is 13.6 Å². The van der Waals surface area contributed by atoms with Gasteiger partial charge in [-0.2, -0.15) is 0 Å². The molecule has 16 heavy (non-hydrogen) atoms. The molecule has 0 aliphatic rings. The van der Waals surface area contributed by atoms with Gasteiger partial charge in [0.2, 0.25) is 0 Å². The van der Waals surface area contributed by atoms with Crippen molar-refractivity contribution in [1.82, 2.24) is 15.0 Å². The van der Waals surface area contributed by atoms with Gasteiger partial charge in [0.1, 0.15) is 5.52 Å². The van der Waals surface area contributed by atoms with Crippen molar-refractivity contribution in [3.63, 3.8) is 0 Å². The lowest BCUT2D eigenvalue weighted by molar-refractivity contribution is 0.105. The topological polar surface area (TPSA) is 83.2 Å². The van der Waals surface area contributed by atoms with Gasteiger partial charge in [0.05, 0.1) is 23.9 Å². The van der Waals surface area contributed by atoms with E-state index in [1.54, 1.807) is 4.68 Å². The number of aliphatic hydroxyl groups is 2. The van der Waals surface area contributed by atoms with Crippen LogP contribution in [0.1, 0.15) is 0 Å². The van der Waals surface area contributed by atoms with Crippen LogP contribution in [-0.2, 0) is 7.05 Å². The van der Waals surface area contributed by atoms with Crippen molar-refractivity contribution in [2.75, 3.05) is 18.5 Å². The molecule has 1 aromatic heterocycles. The Hall–Kier alpha value is -1.66. The molecular formula is C10H14N4O2. The molecule has 2 aromatic rings. The first-order chi connectivity index (χ1) is 7.72. The van der Waals surface area contributed by atoms with Crippen molar-refractivity contribution in [3.05, 3.63) is 18.2 Å². The lowest BCUT2D eigenvalue weighted by Crippen LogP contribution is -2.23. The maximum atomic E-state index is 9.24. The van der Waals surface area contributed by atoms with Gasteiger partial charge in [-0.15, -0.1) is 5.10 Å². The van der Waals surface area contributed by atoms with Crippen molar-refractivity contribution in [1.29, 1.82) is 0 Å². The summed E-state index contributed by atoms with van der Waals surface area (Å²) in [5.41, 5.74) is 2.48. The van der Waals surface area contributed by atoms with Crippen LogP contribution in [0.25, 0.3) is 11.0 Å². The van der Waals surface area contributed by atoms with Gasteiger partial charge in [-0.3, -0.25) is 0 Å². The van der Waals surface area contributed by atoms with E-state index in [0.29, 0.717) is 0 Å². The molecular weight excluding hydrogens is 208 g/mol. The van der Waals surface area contributed by atoms with Gasteiger partial charge < -0.3 is 15.5 Å². The smallest absolute Gasteiger partial charge is 0.136 e. The number of aliphatic hydroxyl groups excluding tert-OH is 2. The lowest BCUT2D eigenvalue weighted by atomic mass is 10.2. The van der Waals surface area contributed by atoms with Crippen molar-refractivity contribution in [2.24, 2.45) is 7.05 Å². The molecule has 0 bridgehead atoms. The molecule has 0 saturated carbocycles. The average Bonchev–Trinajstić information content (AvgIpc) is 2.69. The molecule has 3 N–H and O–H groups in total. The van der Waals surface area contributed by atoms with E-state index in [2.05, 4.69) is 15.6 Å². The SMILES string of the molecule is Cn1nnc2c(NCC(O)CO)cccc21. The number of fused-ring (bicyclic) bond motifs is 1. The van der Waals surface area contributed by atoms with Crippen molar-refractivity contribution in [2.45, 2.75) is 6.10 Å². The van der Waals surface area contributed by atoms with E-state index in [1.807, 2.05) is 25.2 Å². The number of aryl methyl sites for hydroxylation is 1. The van der Waals surface area contributed by atoms with Crippen LogP contribution in [-0.4, -0.2) is 44.5 Å². The van der Waals surface area contributed by atoms with Crippen LogP contribution >= 0.6 is 0 Å². The molecule has 1 heterocycles. The van der Waals surface area contributed by atoms with E-state index >= 15 is 0 Å². The fourth-order valence-corrected chi connectivity index (χ4v) is 1.49. The summed E-state index contributed by atoms with van der Waals surface area (Å²) in [5.74, 6) is 0. The Morgan fingerprint density at radius 1 is 1.50 bits per heavy atom. The van der Waals surface area contributed by atoms with E-state index in [9.17, 15) is 5.11 Å². The number of hydrogen-bond donors (Lipinski definition) is 3. The highest BCUT2D eigenvalue weighted by Gasteiger charge is 2.07. The Balaban J connectivity index is 2.24. The second kappa shape index (κ2) is 4.46. The van der Waals surface area contributed by atoms with Crippen LogP contribution in [0.15, 0.2) is 18.2 Å². The molecule has 6 heteroatoms. The minimum atomic E-state index is -0.771. The largest absolute Gasteiger partial charge is 0.394 e. The highest BCUT2D eigenvalue weighted by atomic mass is 16.3. The number of aromatic nitrogens is 3. The number of rotatable bonds is 4. The summed E-state index contributed by atoms with van der Waals surface area (Å²) in [5, 5.41) is 28.9. The van der Waals surface area contributed by atoms with Crippen LogP contribution in [0.2, 0.25) is 0 Å². The first kappa shape index (κ1) is 10.8. The summed E-state index contributed by atoms with van der Waals surface area (Å²) in [6.45, 7) is 0.0234. The number of hydrogen-bond acceptors (Lipinski definition) is 5. The Kier molecular flexibility index (Phi) is 3.02. The van der Waals surface area contributed by atoms with Gasteiger partial charge in [-0.05, 0) is 12.1 Å². The van der Waals surface area contributed by atoms with Crippen LogP contribution in [0.5, 0.6) is 0 Å². The molecule has 2 rings (SSSR count). The molecule has 0 spiro atoms. The van der Waals surface area contributed by atoms with E-state index in [1.165, 1.54) is 0 Å². The fourth-order valence-electron chi connectivity index (χ4n) is 1.49. The molecule has 1 aromatic carbocycles. The summed E-state index contributed by atoms with van der Waals surface area (Å²) in [4.78, 5) is 0.